The summed E-state index contributed by atoms with van der Waals surface area (Å²) < 4.78 is 0. The van der Waals surface area contributed by atoms with Crippen molar-refractivity contribution in [2.45, 2.75) is 24.9 Å². The molecule has 0 aliphatic carbocycles. The number of benzene rings is 3. The summed E-state index contributed by atoms with van der Waals surface area (Å²) in [7, 11) is 0. The summed E-state index contributed by atoms with van der Waals surface area (Å²) in [6, 6.07) is 27.0. The minimum Gasteiger partial charge on any atom is -0.364 e. The first-order chi connectivity index (χ1) is 13.2. The van der Waals surface area contributed by atoms with Crippen LogP contribution >= 0.6 is 23.2 Å². The van der Waals surface area contributed by atoms with Crippen molar-refractivity contribution in [2.24, 2.45) is 4.99 Å². The van der Waals surface area contributed by atoms with Gasteiger partial charge in [0.15, 0.2) is 0 Å². The Hall–Kier alpha value is -2.29. The van der Waals surface area contributed by atoms with Crippen LogP contribution in [0.1, 0.15) is 35.2 Å². The van der Waals surface area contributed by atoms with E-state index in [1.165, 1.54) is 11.1 Å². The number of nitrogens with one attached hydrogen (secondary N) is 1. The van der Waals surface area contributed by atoms with Gasteiger partial charge in [0.05, 0.1) is 21.9 Å². The molecule has 3 aromatic rings. The maximum absolute atomic E-state index is 6.14. The highest BCUT2D eigenvalue weighted by Gasteiger charge is 2.30. The Labute approximate surface area is 169 Å². The Morgan fingerprint density at radius 2 is 1.41 bits per heavy atom. The molecule has 27 heavy (non-hydrogen) atoms. The molecule has 136 valence electrons. The van der Waals surface area contributed by atoms with Gasteiger partial charge in [0.1, 0.15) is 6.04 Å². The van der Waals surface area contributed by atoms with E-state index in [0.717, 1.165) is 24.2 Å². The van der Waals surface area contributed by atoms with Crippen LogP contribution in [0.25, 0.3) is 0 Å². The number of aliphatic imine (C=N–C) groups is 1. The quantitative estimate of drug-likeness (QED) is 0.530. The molecule has 4 heteroatoms. The van der Waals surface area contributed by atoms with E-state index in [4.69, 9.17) is 28.2 Å². The zero-order valence-electron chi connectivity index (χ0n) is 14.8. The molecule has 0 saturated heterocycles. The number of halogens is 2. The van der Waals surface area contributed by atoms with E-state index in [1.54, 1.807) is 0 Å². The Kier molecular flexibility index (Phi) is 5.47. The molecule has 0 amide bonds. The van der Waals surface area contributed by atoms with Crippen LogP contribution in [0.5, 0.6) is 0 Å². The summed E-state index contributed by atoms with van der Waals surface area (Å²) in [6.45, 7) is 0. The average Bonchev–Trinajstić information content (AvgIpc) is 3.15. The van der Waals surface area contributed by atoms with E-state index in [9.17, 15) is 0 Å². The van der Waals surface area contributed by atoms with Crippen LogP contribution in [0, 0.1) is 0 Å². The zero-order valence-corrected chi connectivity index (χ0v) is 16.3. The van der Waals surface area contributed by atoms with Crippen molar-refractivity contribution < 1.29 is 0 Å². The van der Waals surface area contributed by atoms with E-state index < -0.39 is 0 Å². The average molecular weight is 395 g/mol. The Bertz CT molecular complexity index is 939. The van der Waals surface area contributed by atoms with Gasteiger partial charge in [-0.1, -0.05) is 89.9 Å². The fraction of sp³-hybridized carbons (Fsp3) is 0.174. The lowest BCUT2D eigenvalue weighted by Gasteiger charge is -2.19. The maximum Gasteiger partial charge on any atom is 0.101 e. The first-order valence-corrected chi connectivity index (χ1v) is 9.83. The fourth-order valence-electron chi connectivity index (χ4n) is 3.48. The molecule has 0 aromatic heterocycles. The molecule has 0 bridgehead atoms. The van der Waals surface area contributed by atoms with Gasteiger partial charge in [0.25, 0.3) is 0 Å². The van der Waals surface area contributed by atoms with Crippen LogP contribution < -0.4 is 5.32 Å². The molecule has 2 nitrogen and oxygen atoms in total. The van der Waals surface area contributed by atoms with Gasteiger partial charge in [-0.25, -0.2) is 0 Å². The molecule has 1 aliphatic heterocycles. The highest BCUT2D eigenvalue weighted by molar-refractivity contribution is 6.42. The molecule has 2 atom stereocenters. The molecule has 4 rings (SSSR count). The third-order valence-corrected chi connectivity index (χ3v) is 5.61. The standard InChI is InChI=1S/C23H20Cl2N2/c24-19-13-11-16(15-20(19)25)12-14-21-26-22(17-7-3-1-4-8-17)23(27-21)18-9-5-2-6-10-18/h1-11,13,15,22-23H,12,14H2,(H,26,27)/t22-,23+. The molecule has 0 saturated carbocycles. The van der Waals surface area contributed by atoms with E-state index in [2.05, 4.69) is 53.8 Å². The maximum atomic E-state index is 6.14. The number of rotatable bonds is 5. The van der Waals surface area contributed by atoms with E-state index in [0.29, 0.717) is 10.0 Å². The lowest BCUT2D eigenvalue weighted by molar-refractivity contribution is 0.571. The van der Waals surface area contributed by atoms with Gasteiger partial charge < -0.3 is 5.32 Å². The summed E-state index contributed by atoms with van der Waals surface area (Å²) in [5, 5.41) is 4.83. The molecule has 1 heterocycles. The minimum atomic E-state index is 0.0809. The molecule has 1 aliphatic rings. The highest BCUT2D eigenvalue weighted by atomic mass is 35.5. The van der Waals surface area contributed by atoms with Crippen LogP contribution in [0.3, 0.4) is 0 Å². The third kappa shape index (κ3) is 4.18. The van der Waals surface area contributed by atoms with Gasteiger partial charge in [0.2, 0.25) is 0 Å². The highest BCUT2D eigenvalue weighted by Crippen LogP contribution is 2.36. The van der Waals surface area contributed by atoms with Gasteiger partial charge in [-0.2, -0.15) is 0 Å². The third-order valence-electron chi connectivity index (χ3n) is 4.87. The van der Waals surface area contributed by atoms with Gasteiger partial charge in [-0.3, -0.25) is 4.99 Å². The van der Waals surface area contributed by atoms with Crippen LogP contribution in [-0.4, -0.2) is 5.84 Å². The summed E-state index contributed by atoms with van der Waals surface area (Å²) >= 11 is 12.2. The fourth-order valence-corrected chi connectivity index (χ4v) is 3.80. The molecular formula is C23H20Cl2N2. The van der Waals surface area contributed by atoms with E-state index in [-0.39, 0.29) is 12.1 Å². The van der Waals surface area contributed by atoms with Crippen molar-refractivity contribution in [1.29, 1.82) is 0 Å². The molecular weight excluding hydrogens is 375 g/mol. The summed E-state index contributed by atoms with van der Waals surface area (Å²) in [5.74, 6) is 1.03. The molecule has 0 spiro atoms. The zero-order chi connectivity index (χ0) is 18.6. The Balaban J connectivity index is 1.55. The smallest absolute Gasteiger partial charge is 0.101 e. The van der Waals surface area contributed by atoms with E-state index >= 15 is 0 Å². The van der Waals surface area contributed by atoms with Crippen molar-refractivity contribution in [2.75, 3.05) is 0 Å². The second-order valence-electron chi connectivity index (χ2n) is 6.71. The number of amidine groups is 1. The molecule has 1 N–H and O–H groups in total. The molecule has 0 radical (unpaired) electrons. The molecule has 3 aromatic carbocycles. The van der Waals surface area contributed by atoms with Gasteiger partial charge in [0, 0.05) is 6.42 Å². The lowest BCUT2D eigenvalue weighted by atomic mass is 9.95. The topological polar surface area (TPSA) is 24.4 Å². The van der Waals surface area contributed by atoms with Crippen molar-refractivity contribution in [3.8, 4) is 0 Å². The van der Waals surface area contributed by atoms with Gasteiger partial charge in [-0.15, -0.1) is 0 Å². The van der Waals surface area contributed by atoms with Crippen LogP contribution in [0.4, 0.5) is 0 Å². The summed E-state index contributed by atoms with van der Waals surface area (Å²) in [4.78, 5) is 5.02. The minimum absolute atomic E-state index is 0.0809. The number of hydrogen-bond donors (Lipinski definition) is 1. The number of aryl methyl sites for hydroxylation is 1. The lowest BCUT2D eigenvalue weighted by Crippen LogP contribution is -2.24. The second-order valence-corrected chi connectivity index (χ2v) is 7.53. The Morgan fingerprint density at radius 3 is 2.07 bits per heavy atom. The van der Waals surface area contributed by atoms with Crippen LogP contribution in [-0.2, 0) is 6.42 Å². The van der Waals surface area contributed by atoms with Gasteiger partial charge in [-0.05, 0) is 35.2 Å². The second kappa shape index (κ2) is 8.16. The normalized spacial score (nSPS) is 18.8. The van der Waals surface area contributed by atoms with Crippen LogP contribution in [0.2, 0.25) is 10.0 Å². The van der Waals surface area contributed by atoms with Gasteiger partial charge >= 0.3 is 0 Å². The first kappa shape index (κ1) is 18.1. The number of nitrogens with zero attached hydrogens (tertiary/aromatic N) is 1. The van der Waals surface area contributed by atoms with Crippen molar-refractivity contribution >= 4 is 29.0 Å². The first-order valence-electron chi connectivity index (χ1n) is 9.08. The predicted molar refractivity (Wildman–Crippen MR) is 114 cm³/mol. The molecule has 0 unspecified atom stereocenters. The summed E-state index contributed by atoms with van der Waals surface area (Å²) in [5.41, 5.74) is 3.64. The van der Waals surface area contributed by atoms with Crippen molar-refractivity contribution in [3.05, 3.63) is 106 Å². The van der Waals surface area contributed by atoms with E-state index in [1.807, 2.05) is 30.3 Å². The monoisotopic (exact) mass is 394 g/mol. The SMILES string of the molecule is Clc1ccc(CCC2=N[C@H](c3ccccc3)[C@H](c3ccccc3)N2)cc1Cl. The summed E-state index contributed by atoms with van der Waals surface area (Å²) in [6.07, 6.45) is 1.70. The van der Waals surface area contributed by atoms with Crippen molar-refractivity contribution in [3.63, 3.8) is 0 Å². The molecule has 0 fully saturated rings. The number of hydrogen-bond acceptors (Lipinski definition) is 2. The largest absolute Gasteiger partial charge is 0.364 e. The predicted octanol–water partition coefficient (Wildman–Crippen LogP) is 6.41. The van der Waals surface area contributed by atoms with Crippen LogP contribution in [0.15, 0.2) is 83.9 Å². The Morgan fingerprint density at radius 1 is 0.741 bits per heavy atom. The van der Waals surface area contributed by atoms with Crippen molar-refractivity contribution in [1.82, 2.24) is 5.32 Å².